The summed E-state index contributed by atoms with van der Waals surface area (Å²) in [6.07, 6.45) is 0.589. The molecule has 0 fully saturated rings. The summed E-state index contributed by atoms with van der Waals surface area (Å²) in [6.45, 7) is 1.87. The maximum atomic E-state index is 11.9. The minimum Gasteiger partial charge on any atom is -0.497 e. The fourth-order valence-electron chi connectivity index (χ4n) is 2.31. The Morgan fingerprint density at radius 1 is 1.14 bits per heavy atom. The fourth-order valence-corrected chi connectivity index (χ4v) is 3.12. The summed E-state index contributed by atoms with van der Waals surface area (Å²) in [5.74, 6) is 0.703. The van der Waals surface area contributed by atoms with Crippen molar-refractivity contribution in [3.05, 3.63) is 48.0 Å². The molecule has 2 aromatic rings. The summed E-state index contributed by atoms with van der Waals surface area (Å²) >= 11 is 0. The molecule has 0 amide bonds. The highest BCUT2D eigenvalue weighted by Gasteiger charge is 2.16. The highest BCUT2D eigenvalue weighted by molar-refractivity contribution is 7.89. The van der Waals surface area contributed by atoms with Gasteiger partial charge >= 0.3 is 0 Å². The standard InChI is InChI=1S/C16H20N2O3S/c1-11(17)9-12-3-8-15(16(10-12)22(18,19)20)13-4-6-14(21-2)7-5-13/h3-8,10-11H,9,17H2,1-2H3,(H2,18,19,20). The molecule has 22 heavy (non-hydrogen) atoms. The van der Waals surface area contributed by atoms with E-state index < -0.39 is 10.0 Å². The average molecular weight is 320 g/mol. The molecule has 6 heteroatoms. The van der Waals surface area contributed by atoms with Crippen LogP contribution in [0.3, 0.4) is 0 Å². The van der Waals surface area contributed by atoms with Gasteiger partial charge < -0.3 is 10.5 Å². The lowest BCUT2D eigenvalue weighted by molar-refractivity contribution is 0.415. The first-order valence-electron chi connectivity index (χ1n) is 6.87. The van der Waals surface area contributed by atoms with E-state index >= 15 is 0 Å². The minimum absolute atomic E-state index is 0.0554. The molecule has 0 aromatic heterocycles. The fraction of sp³-hybridized carbons (Fsp3) is 0.250. The van der Waals surface area contributed by atoms with E-state index in [-0.39, 0.29) is 10.9 Å². The van der Waals surface area contributed by atoms with Gasteiger partial charge in [0.15, 0.2) is 0 Å². The van der Waals surface area contributed by atoms with Gasteiger partial charge in [0.2, 0.25) is 10.0 Å². The third kappa shape index (κ3) is 3.85. The first-order chi connectivity index (χ1) is 10.3. The molecule has 2 aromatic carbocycles. The van der Waals surface area contributed by atoms with Gasteiger partial charge in [-0.15, -0.1) is 0 Å². The normalized spacial score (nSPS) is 12.9. The molecular formula is C16H20N2O3S. The molecule has 2 rings (SSSR count). The Kier molecular flexibility index (Phi) is 4.85. The first-order valence-corrected chi connectivity index (χ1v) is 8.41. The molecule has 0 aliphatic heterocycles. The van der Waals surface area contributed by atoms with Crippen LogP contribution < -0.4 is 15.6 Å². The van der Waals surface area contributed by atoms with Gasteiger partial charge in [0.25, 0.3) is 0 Å². The molecule has 0 saturated carbocycles. The molecule has 5 nitrogen and oxygen atoms in total. The number of primary sulfonamides is 1. The second-order valence-electron chi connectivity index (χ2n) is 5.29. The van der Waals surface area contributed by atoms with E-state index in [2.05, 4.69) is 0 Å². The van der Waals surface area contributed by atoms with Gasteiger partial charge in [-0.05, 0) is 42.7 Å². The summed E-state index contributed by atoms with van der Waals surface area (Å²) in [6, 6.07) is 12.3. The zero-order chi connectivity index (χ0) is 16.3. The molecule has 1 unspecified atom stereocenters. The zero-order valence-electron chi connectivity index (χ0n) is 12.6. The van der Waals surface area contributed by atoms with Gasteiger partial charge in [-0.2, -0.15) is 0 Å². The first kappa shape index (κ1) is 16.5. The predicted molar refractivity (Wildman–Crippen MR) is 87.2 cm³/mol. The number of hydrogen-bond acceptors (Lipinski definition) is 4. The Morgan fingerprint density at radius 3 is 2.27 bits per heavy atom. The molecule has 0 radical (unpaired) electrons. The lowest BCUT2D eigenvalue weighted by Gasteiger charge is -2.12. The van der Waals surface area contributed by atoms with Crippen LogP contribution in [0.4, 0.5) is 0 Å². The van der Waals surface area contributed by atoms with Crippen LogP contribution in [0.2, 0.25) is 0 Å². The predicted octanol–water partition coefficient (Wildman–Crippen LogP) is 1.90. The van der Waals surface area contributed by atoms with Crippen molar-refractivity contribution in [2.24, 2.45) is 10.9 Å². The van der Waals surface area contributed by atoms with Crippen molar-refractivity contribution in [2.75, 3.05) is 7.11 Å². The van der Waals surface area contributed by atoms with E-state index in [1.165, 1.54) is 0 Å². The molecule has 0 saturated heterocycles. The second kappa shape index (κ2) is 6.48. The van der Waals surface area contributed by atoms with Crippen molar-refractivity contribution in [3.8, 4) is 16.9 Å². The summed E-state index contributed by atoms with van der Waals surface area (Å²) in [5.41, 5.74) is 7.94. The van der Waals surface area contributed by atoms with Crippen LogP contribution in [0.1, 0.15) is 12.5 Å². The summed E-state index contributed by atoms with van der Waals surface area (Å²) in [5, 5.41) is 5.37. The average Bonchev–Trinajstić information content (AvgIpc) is 2.46. The highest BCUT2D eigenvalue weighted by atomic mass is 32.2. The topological polar surface area (TPSA) is 95.4 Å². The summed E-state index contributed by atoms with van der Waals surface area (Å²) in [4.78, 5) is 0.107. The molecule has 0 aliphatic carbocycles. The number of sulfonamides is 1. The lowest BCUT2D eigenvalue weighted by atomic mass is 10.0. The van der Waals surface area contributed by atoms with Crippen LogP contribution in [-0.4, -0.2) is 21.6 Å². The van der Waals surface area contributed by atoms with Crippen LogP contribution >= 0.6 is 0 Å². The van der Waals surface area contributed by atoms with E-state index in [9.17, 15) is 8.42 Å². The quantitative estimate of drug-likeness (QED) is 0.879. The van der Waals surface area contributed by atoms with Gasteiger partial charge in [0.05, 0.1) is 12.0 Å². The third-order valence-electron chi connectivity index (χ3n) is 3.31. The van der Waals surface area contributed by atoms with E-state index in [1.54, 1.807) is 43.5 Å². The zero-order valence-corrected chi connectivity index (χ0v) is 13.4. The Morgan fingerprint density at radius 2 is 1.77 bits per heavy atom. The Balaban J connectivity index is 2.54. The third-order valence-corrected chi connectivity index (χ3v) is 4.26. The van der Waals surface area contributed by atoms with Crippen LogP contribution in [0, 0.1) is 0 Å². The lowest BCUT2D eigenvalue weighted by Crippen LogP contribution is -2.19. The van der Waals surface area contributed by atoms with Gasteiger partial charge in [-0.1, -0.05) is 24.3 Å². The smallest absolute Gasteiger partial charge is 0.238 e. The Hall–Kier alpha value is -1.89. The minimum atomic E-state index is -3.83. The Labute approximate surface area is 131 Å². The molecule has 1 atom stereocenters. The van der Waals surface area contributed by atoms with Crippen molar-refractivity contribution < 1.29 is 13.2 Å². The van der Waals surface area contributed by atoms with Gasteiger partial charge in [0.1, 0.15) is 5.75 Å². The maximum absolute atomic E-state index is 11.9. The van der Waals surface area contributed by atoms with Crippen LogP contribution in [0.25, 0.3) is 11.1 Å². The van der Waals surface area contributed by atoms with Gasteiger partial charge in [0, 0.05) is 11.6 Å². The molecule has 0 bridgehead atoms. The van der Waals surface area contributed by atoms with E-state index in [4.69, 9.17) is 15.6 Å². The van der Waals surface area contributed by atoms with Crippen LogP contribution in [-0.2, 0) is 16.4 Å². The van der Waals surface area contributed by atoms with Crippen molar-refractivity contribution in [1.29, 1.82) is 0 Å². The van der Waals surface area contributed by atoms with Crippen molar-refractivity contribution in [1.82, 2.24) is 0 Å². The van der Waals surface area contributed by atoms with Crippen molar-refractivity contribution in [3.63, 3.8) is 0 Å². The molecule has 0 aliphatic rings. The van der Waals surface area contributed by atoms with E-state index in [0.29, 0.717) is 17.7 Å². The van der Waals surface area contributed by atoms with Crippen LogP contribution in [0.5, 0.6) is 5.75 Å². The van der Waals surface area contributed by atoms with Crippen molar-refractivity contribution >= 4 is 10.0 Å². The Bertz CT molecular complexity index is 753. The van der Waals surface area contributed by atoms with Gasteiger partial charge in [-0.3, -0.25) is 0 Å². The van der Waals surface area contributed by atoms with Crippen molar-refractivity contribution in [2.45, 2.75) is 24.3 Å². The number of methoxy groups -OCH3 is 1. The molecular weight excluding hydrogens is 300 g/mol. The number of ether oxygens (including phenoxy) is 1. The summed E-state index contributed by atoms with van der Waals surface area (Å²) < 4.78 is 28.9. The second-order valence-corrected chi connectivity index (χ2v) is 6.82. The molecule has 0 spiro atoms. The largest absolute Gasteiger partial charge is 0.497 e. The molecule has 0 heterocycles. The molecule has 118 valence electrons. The van der Waals surface area contributed by atoms with E-state index in [0.717, 1.165) is 11.1 Å². The maximum Gasteiger partial charge on any atom is 0.238 e. The van der Waals surface area contributed by atoms with Crippen LogP contribution in [0.15, 0.2) is 47.4 Å². The molecule has 4 N–H and O–H groups in total. The number of benzene rings is 2. The van der Waals surface area contributed by atoms with E-state index in [1.807, 2.05) is 13.0 Å². The van der Waals surface area contributed by atoms with Gasteiger partial charge in [-0.25, -0.2) is 13.6 Å². The number of nitrogens with two attached hydrogens (primary N) is 2. The summed E-state index contributed by atoms with van der Waals surface area (Å²) in [7, 11) is -2.25. The SMILES string of the molecule is COc1ccc(-c2ccc(CC(C)N)cc2S(N)(=O)=O)cc1. The monoisotopic (exact) mass is 320 g/mol. The highest BCUT2D eigenvalue weighted by Crippen LogP contribution is 2.29. The number of hydrogen-bond donors (Lipinski definition) is 2. The number of rotatable bonds is 5.